The summed E-state index contributed by atoms with van der Waals surface area (Å²) < 4.78 is 0. The standard InChI is InChI=1S/C8H7N3O2.Ag/c1-4-2-3-5-7(10-11-9-5)6(4)8(12)13;/h2-3H,1H3,(H,12,13)(H,9,10,11);. The molecule has 5 nitrogen and oxygen atoms in total. The smallest absolute Gasteiger partial charge is 0.338 e. The van der Waals surface area contributed by atoms with Crippen LogP contribution in [0.2, 0.25) is 0 Å². The zero-order valence-corrected chi connectivity index (χ0v) is 8.69. The Morgan fingerprint density at radius 2 is 2.14 bits per heavy atom. The molecular formula is C8H7AgN3O2. The van der Waals surface area contributed by atoms with Crippen molar-refractivity contribution in [3.05, 3.63) is 23.3 Å². The van der Waals surface area contributed by atoms with Gasteiger partial charge in [-0.1, -0.05) is 6.07 Å². The number of hydrogen-bond donors (Lipinski definition) is 2. The fourth-order valence-electron chi connectivity index (χ4n) is 1.28. The van der Waals surface area contributed by atoms with Crippen molar-refractivity contribution in [3.63, 3.8) is 0 Å². The van der Waals surface area contributed by atoms with Crippen LogP contribution in [0, 0.1) is 6.92 Å². The Labute approximate surface area is 95.0 Å². The third-order valence-electron chi connectivity index (χ3n) is 1.91. The van der Waals surface area contributed by atoms with Gasteiger partial charge in [0.1, 0.15) is 11.0 Å². The molecule has 1 radical (unpaired) electrons. The summed E-state index contributed by atoms with van der Waals surface area (Å²) in [6.45, 7) is 1.73. The summed E-state index contributed by atoms with van der Waals surface area (Å²) in [5, 5.41) is 18.9. The summed E-state index contributed by atoms with van der Waals surface area (Å²) in [5.41, 5.74) is 1.88. The van der Waals surface area contributed by atoms with Crippen LogP contribution in [-0.2, 0) is 22.4 Å². The van der Waals surface area contributed by atoms with E-state index in [4.69, 9.17) is 5.11 Å². The molecule has 2 rings (SSSR count). The number of aryl methyl sites for hydroxylation is 1. The Morgan fingerprint density at radius 1 is 1.43 bits per heavy atom. The first-order valence-corrected chi connectivity index (χ1v) is 3.73. The predicted octanol–water partition coefficient (Wildman–Crippen LogP) is 0.962. The summed E-state index contributed by atoms with van der Waals surface area (Å²) in [6, 6.07) is 3.45. The van der Waals surface area contributed by atoms with E-state index in [0.717, 1.165) is 0 Å². The molecule has 1 aromatic heterocycles. The fourth-order valence-corrected chi connectivity index (χ4v) is 1.28. The first kappa shape index (κ1) is 10.9. The molecule has 0 amide bonds. The van der Waals surface area contributed by atoms with E-state index in [1.165, 1.54) is 0 Å². The number of rotatable bonds is 1. The third-order valence-corrected chi connectivity index (χ3v) is 1.91. The largest absolute Gasteiger partial charge is 0.478 e. The summed E-state index contributed by atoms with van der Waals surface area (Å²) in [6.07, 6.45) is 0. The molecule has 0 unspecified atom stereocenters. The van der Waals surface area contributed by atoms with Gasteiger partial charge in [-0.3, -0.25) is 0 Å². The second-order valence-corrected chi connectivity index (χ2v) is 2.75. The molecule has 0 saturated carbocycles. The molecule has 0 saturated heterocycles. The van der Waals surface area contributed by atoms with Gasteiger partial charge >= 0.3 is 5.97 Å². The number of H-pyrrole nitrogens is 1. The number of nitrogens with zero attached hydrogens (tertiary/aromatic N) is 2. The van der Waals surface area contributed by atoms with E-state index in [9.17, 15) is 4.79 Å². The van der Waals surface area contributed by atoms with Crippen molar-refractivity contribution in [2.45, 2.75) is 6.92 Å². The van der Waals surface area contributed by atoms with Crippen LogP contribution in [0.3, 0.4) is 0 Å². The van der Waals surface area contributed by atoms with Crippen molar-refractivity contribution in [1.29, 1.82) is 0 Å². The maximum absolute atomic E-state index is 10.9. The maximum Gasteiger partial charge on any atom is 0.338 e. The van der Waals surface area contributed by atoms with Gasteiger partial charge in [0.05, 0.1) is 5.56 Å². The number of aromatic nitrogens is 3. The van der Waals surface area contributed by atoms with Crippen molar-refractivity contribution < 1.29 is 32.3 Å². The molecule has 0 aliphatic carbocycles. The van der Waals surface area contributed by atoms with Gasteiger partial charge in [0, 0.05) is 22.4 Å². The number of hydrogen-bond acceptors (Lipinski definition) is 3. The zero-order valence-electron chi connectivity index (χ0n) is 7.21. The van der Waals surface area contributed by atoms with Gasteiger partial charge in [-0.2, -0.15) is 15.4 Å². The van der Waals surface area contributed by atoms with E-state index >= 15 is 0 Å². The first-order valence-electron chi connectivity index (χ1n) is 3.73. The molecule has 0 atom stereocenters. The van der Waals surface area contributed by atoms with Gasteiger partial charge in [-0.05, 0) is 18.6 Å². The monoisotopic (exact) mass is 284 g/mol. The third kappa shape index (κ3) is 1.57. The van der Waals surface area contributed by atoms with Crippen molar-refractivity contribution in [3.8, 4) is 0 Å². The van der Waals surface area contributed by atoms with Gasteiger partial charge in [0.25, 0.3) is 0 Å². The Kier molecular flexibility index (Phi) is 3.05. The zero-order chi connectivity index (χ0) is 9.42. The van der Waals surface area contributed by atoms with Gasteiger partial charge in [-0.25, -0.2) is 4.79 Å². The molecule has 0 bridgehead atoms. The molecule has 2 N–H and O–H groups in total. The minimum absolute atomic E-state index is 0. The van der Waals surface area contributed by atoms with Crippen LogP contribution >= 0.6 is 0 Å². The van der Waals surface area contributed by atoms with Crippen molar-refractivity contribution in [1.82, 2.24) is 15.4 Å². The number of aromatic amines is 1. The minimum atomic E-state index is -0.975. The Balaban J connectivity index is 0.000000980. The van der Waals surface area contributed by atoms with E-state index < -0.39 is 5.97 Å². The molecule has 6 heteroatoms. The molecule has 0 fully saturated rings. The second kappa shape index (κ2) is 3.91. The summed E-state index contributed by atoms with van der Waals surface area (Å²) >= 11 is 0. The average Bonchev–Trinajstić information content (AvgIpc) is 2.50. The fraction of sp³-hybridized carbons (Fsp3) is 0.125. The molecule has 1 heterocycles. The Bertz CT molecular complexity index is 480. The van der Waals surface area contributed by atoms with Crippen LogP contribution in [0.5, 0.6) is 0 Å². The minimum Gasteiger partial charge on any atom is -0.478 e. The van der Waals surface area contributed by atoms with Crippen LogP contribution in [0.15, 0.2) is 12.1 Å². The Hall–Kier alpha value is -1.17. The van der Waals surface area contributed by atoms with E-state index in [1.54, 1.807) is 19.1 Å². The topological polar surface area (TPSA) is 78.9 Å². The number of aromatic carboxylic acids is 1. The molecule has 1 aromatic carbocycles. The molecule has 0 aliphatic heterocycles. The van der Waals surface area contributed by atoms with E-state index in [1.807, 2.05) is 0 Å². The number of nitrogens with one attached hydrogen (secondary N) is 1. The van der Waals surface area contributed by atoms with Crippen LogP contribution in [0.25, 0.3) is 11.0 Å². The number of carboxylic acid groups (broad SMARTS) is 1. The van der Waals surface area contributed by atoms with E-state index in [0.29, 0.717) is 16.6 Å². The van der Waals surface area contributed by atoms with Crippen LogP contribution in [0.4, 0.5) is 0 Å². The van der Waals surface area contributed by atoms with Crippen molar-refractivity contribution in [2.24, 2.45) is 0 Å². The SMILES string of the molecule is Cc1ccc2n[nH]nc2c1C(=O)O.[Ag]. The number of benzene rings is 1. The summed E-state index contributed by atoms with van der Waals surface area (Å²) in [5.74, 6) is -0.975. The number of fused-ring (bicyclic) bond motifs is 1. The average molecular weight is 285 g/mol. The number of carbonyl (C=O) groups is 1. The second-order valence-electron chi connectivity index (χ2n) is 2.75. The summed E-state index contributed by atoms with van der Waals surface area (Å²) in [7, 11) is 0. The molecule has 2 aromatic rings. The van der Waals surface area contributed by atoms with Crippen molar-refractivity contribution >= 4 is 17.0 Å². The molecule has 0 spiro atoms. The van der Waals surface area contributed by atoms with Gasteiger partial charge in [0.15, 0.2) is 0 Å². The quantitative estimate of drug-likeness (QED) is 0.765. The van der Waals surface area contributed by atoms with E-state index in [2.05, 4.69) is 15.4 Å². The van der Waals surface area contributed by atoms with Gasteiger partial charge < -0.3 is 5.11 Å². The van der Waals surface area contributed by atoms with Gasteiger partial charge in [0.2, 0.25) is 0 Å². The maximum atomic E-state index is 10.9. The van der Waals surface area contributed by atoms with Crippen LogP contribution in [-0.4, -0.2) is 26.5 Å². The predicted molar refractivity (Wildman–Crippen MR) is 45.6 cm³/mol. The molecule has 77 valence electrons. The van der Waals surface area contributed by atoms with Crippen molar-refractivity contribution in [2.75, 3.05) is 0 Å². The Morgan fingerprint density at radius 3 is 2.79 bits per heavy atom. The molecule has 14 heavy (non-hydrogen) atoms. The van der Waals surface area contributed by atoms with E-state index in [-0.39, 0.29) is 27.9 Å². The molecule has 0 aliphatic rings. The first-order chi connectivity index (χ1) is 6.20. The summed E-state index contributed by atoms with van der Waals surface area (Å²) in [4.78, 5) is 10.9. The van der Waals surface area contributed by atoms with Crippen LogP contribution < -0.4 is 0 Å². The number of carboxylic acids is 1. The van der Waals surface area contributed by atoms with Gasteiger partial charge in [-0.15, -0.1) is 0 Å². The van der Waals surface area contributed by atoms with Crippen LogP contribution in [0.1, 0.15) is 15.9 Å². The molecular weight excluding hydrogens is 278 g/mol. The normalized spacial score (nSPS) is 9.79.